The minimum Gasteiger partial charge on any atom is -0.491 e. The largest absolute Gasteiger partial charge is 0.491 e. The molecule has 1 saturated carbocycles. The number of halogens is 1. The van der Waals surface area contributed by atoms with Crippen molar-refractivity contribution < 1.29 is 14.3 Å². The average Bonchev–Trinajstić information content (AvgIpc) is 2.29. The molecule has 1 aromatic carbocycles. The molecule has 110 valence electrons. The molecule has 1 fully saturated rings. The molecule has 0 aromatic heterocycles. The van der Waals surface area contributed by atoms with Gasteiger partial charge in [-0.3, -0.25) is 0 Å². The number of carbonyl (C=O) groups is 1. The van der Waals surface area contributed by atoms with Crippen LogP contribution in [-0.4, -0.2) is 18.7 Å². The molecule has 0 spiro atoms. The summed E-state index contributed by atoms with van der Waals surface area (Å²) in [6.07, 6.45) is 3.42. The molecule has 0 bridgehead atoms. The summed E-state index contributed by atoms with van der Waals surface area (Å²) >= 11 is 6.04. The number of carbonyl (C=O) groups excluding carboxylic acids is 1. The van der Waals surface area contributed by atoms with Crippen molar-refractivity contribution in [2.24, 2.45) is 5.92 Å². The Morgan fingerprint density at radius 1 is 1.45 bits per heavy atom. The quantitative estimate of drug-likeness (QED) is 0.665. The number of benzene rings is 1. The van der Waals surface area contributed by atoms with E-state index in [4.69, 9.17) is 26.8 Å². The molecule has 5 heteroatoms. The van der Waals surface area contributed by atoms with Crippen LogP contribution in [0.2, 0.25) is 5.02 Å². The SMILES string of the molecule is CC(C)OC(=O)c1c(Cl)ccc(OCC2CCC2)c1N. The minimum absolute atomic E-state index is 0.187. The highest BCUT2D eigenvalue weighted by molar-refractivity contribution is 6.34. The maximum Gasteiger partial charge on any atom is 0.342 e. The number of hydrogen-bond acceptors (Lipinski definition) is 4. The summed E-state index contributed by atoms with van der Waals surface area (Å²) in [5.41, 5.74) is 6.44. The maximum absolute atomic E-state index is 12.0. The standard InChI is InChI=1S/C15H20ClNO3/c1-9(2)20-15(18)13-11(16)6-7-12(14(13)17)19-8-10-4-3-5-10/h6-7,9-10H,3-5,8,17H2,1-2H3. The number of ether oxygens (including phenoxy) is 2. The van der Waals surface area contributed by atoms with Crippen molar-refractivity contribution in [3.05, 3.63) is 22.7 Å². The Bertz CT molecular complexity index is 498. The van der Waals surface area contributed by atoms with Crippen LogP contribution < -0.4 is 10.5 Å². The number of nitrogens with two attached hydrogens (primary N) is 1. The first-order valence-electron chi connectivity index (χ1n) is 6.90. The van der Waals surface area contributed by atoms with Crippen LogP contribution in [0.3, 0.4) is 0 Å². The Morgan fingerprint density at radius 2 is 2.15 bits per heavy atom. The highest BCUT2D eigenvalue weighted by Gasteiger charge is 2.22. The summed E-state index contributed by atoms with van der Waals surface area (Å²) in [6, 6.07) is 3.31. The van der Waals surface area contributed by atoms with Gasteiger partial charge in [0.1, 0.15) is 11.3 Å². The fourth-order valence-corrected chi connectivity index (χ4v) is 2.29. The lowest BCUT2D eigenvalue weighted by molar-refractivity contribution is 0.0379. The van der Waals surface area contributed by atoms with Gasteiger partial charge in [0.05, 0.1) is 23.4 Å². The molecule has 1 aromatic rings. The van der Waals surface area contributed by atoms with E-state index in [2.05, 4.69) is 0 Å². The van der Waals surface area contributed by atoms with Crippen molar-refractivity contribution in [1.82, 2.24) is 0 Å². The molecule has 20 heavy (non-hydrogen) atoms. The van der Waals surface area contributed by atoms with Gasteiger partial charge in [-0.05, 0) is 44.7 Å². The minimum atomic E-state index is -0.517. The van der Waals surface area contributed by atoms with Crippen molar-refractivity contribution in [1.29, 1.82) is 0 Å². The summed E-state index contributed by atoms with van der Waals surface area (Å²) in [5, 5.41) is 0.282. The summed E-state index contributed by atoms with van der Waals surface area (Å²) in [5.74, 6) is 0.574. The van der Waals surface area contributed by atoms with E-state index in [-0.39, 0.29) is 22.4 Å². The summed E-state index contributed by atoms with van der Waals surface area (Å²) in [7, 11) is 0. The third-order valence-electron chi connectivity index (χ3n) is 3.40. The molecule has 4 nitrogen and oxygen atoms in total. The van der Waals surface area contributed by atoms with Crippen molar-refractivity contribution >= 4 is 23.3 Å². The van der Waals surface area contributed by atoms with Crippen LogP contribution in [0.5, 0.6) is 5.75 Å². The Hall–Kier alpha value is -1.42. The van der Waals surface area contributed by atoms with E-state index in [1.54, 1.807) is 26.0 Å². The van der Waals surface area contributed by atoms with Crippen molar-refractivity contribution in [3.8, 4) is 5.75 Å². The van der Waals surface area contributed by atoms with Crippen LogP contribution in [0, 0.1) is 5.92 Å². The lowest BCUT2D eigenvalue weighted by Gasteiger charge is -2.25. The molecule has 2 N–H and O–H groups in total. The van der Waals surface area contributed by atoms with Gasteiger partial charge in [-0.25, -0.2) is 4.79 Å². The number of anilines is 1. The molecular weight excluding hydrogens is 278 g/mol. The van der Waals surface area contributed by atoms with Gasteiger partial charge >= 0.3 is 5.97 Å². The molecular formula is C15H20ClNO3. The van der Waals surface area contributed by atoms with Gasteiger partial charge in [-0.1, -0.05) is 18.0 Å². The zero-order valence-corrected chi connectivity index (χ0v) is 12.6. The van der Waals surface area contributed by atoms with Gasteiger partial charge in [0.15, 0.2) is 0 Å². The second kappa shape index (κ2) is 6.35. The summed E-state index contributed by atoms with van der Waals surface area (Å²) < 4.78 is 10.9. The Labute approximate surface area is 124 Å². The van der Waals surface area contributed by atoms with E-state index in [0.717, 1.165) is 0 Å². The maximum atomic E-state index is 12.0. The normalized spacial score (nSPS) is 15.0. The van der Waals surface area contributed by atoms with E-state index in [1.165, 1.54) is 19.3 Å². The van der Waals surface area contributed by atoms with Crippen LogP contribution in [0.15, 0.2) is 12.1 Å². The van der Waals surface area contributed by atoms with Crippen LogP contribution in [0.25, 0.3) is 0 Å². The van der Waals surface area contributed by atoms with Gasteiger partial charge in [0.25, 0.3) is 0 Å². The van der Waals surface area contributed by atoms with E-state index in [9.17, 15) is 4.79 Å². The number of rotatable bonds is 5. The van der Waals surface area contributed by atoms with Crippen molar-refractivity contribution in [2.75, 3.05) is 12.3 Å². The average molecular weight is 298 g/mol. The lowest BCUT2D eigenvalue weighted by atomic mass is 9.86. The van der Waals surface area contributed by atoms with Crippen LogP contribution in [0.1, 0.15) is 43.5 Å². The van der Waals surface area contributed by atoms with E-state index >= 15 is 0 Å². The van der Waals surface area contributed by atoms with Crippen molar-refractivity contribution in [3.63, 3.8) is 0 Å². The highest BCUT2D eigenvalue weighted by atomic mass is 35.5. The molecule has 0 amide bonds. The third-order valence-corrected chi connectivity index (χ3v) is 3.72. The van der Waals surface area contributed by atoms with Gasteiger partial charge in [0.2, 0.25) is 0 Å². The van der Waals surface area contributed by atoms with Crippen molar-refractivity contribution in [2.45, 2.75) is 39.2 Å². The fraction of sp³-hybridized carbons (Fsp3) is 0.533. The van der Waals surface area contributed by atoms with Crippen LogP contribution in [-0.2, 0) is 4.74 Å². The number of nitrogen functional groups attached to an aromatic ring is 1. The Kier molecular flexibility index (Phi) is 4.76. The molecule has 1 aliphatic rings. The predicted octanol–water partition coefficient (Wildman–Crippen LogP) is 3.67. The molecule has 0 atom stereocenters. The molecule has 0 saturated heterocycles. The Morgan fingerprint density at radius 3 is 2.70 bits per heavy atom. The lowest BCUT2D eigenvalue weighted by Crippen LogP contribution is -2.20. The van der Waals surface area contributed by atoms with E-state index in [0.29, 0.717) is 18.3 Å². The monoisotopic (exact) mass is 297 g/mol. The molecule has 0 heterocycles. The van der Waals surface area contributed by atoms with Gasteiger partial charge in [-0.15, -0.1) is 0 Å². The molecule has 0 aliphatic heterocycles. The predicted molar refractivity (Wildman–Crippen MR) is 79.3 cm³/mol. The zero-order valence-electron chi connectivity index (χ0n) is 11.8. The number of hydrogen-bond donors (Lipinski definition) is 1. The molecule has 1 aliphatic carbocycles. The van der Waals surface area contributed by atoms with Gasteiger partial charge in [-0.2, -0.15) is 0 Å². The highest BCUT2D eigenvalue weighted by Crippen LogP contribution is 2.34. The number of esters is 1. The molecule has 2 rings (SSSR count). The third kappa shape index (κ3) is 3.37. The van der Waals surface area contributed by atoms with Crippen LogP contribution in [0.4, 0.5) is 5.69 Å². The second-order valence-corrected chi connectivity index (χ2v) is 5.80. The summed E-state index contributed by atoms with van der Waals surface area (Å²) in [4.78, 5) is 12.0. The second-order valence-electron chi connectivity index (χ2n) is 5.40. The first-order chi connectivity index (χ1) is 9.49. The van der Waals surface area contributed by atoms with E-state index in [1.807, 2.05) is 0 Å². The topological polar surface area (TPSA) is 61.5 Å². The summed E-state index contributed by atoms with van der Waals surface area (Å²) in [6.45, 7) is 4.18. The fourth-order valence-electron chi connectivity index (χ4n) is 2.05. The Balaban J connectivity index is 2.15. The smallest absolute Gasteiger partial charge is 0.342 e. The molecule has 0 radical (unpaired) electrons. The first-order valence-corrected chi connectivity index (χ1v) is 7.28. The van der Waals surface area contributed by atoms with Gasteiger partial charge in [0, 0.05) is 0 Å². The molecule has 0 unspecified atom stereocenters. The zero-order chi connectivity index (χ0) is 14.7. The van der Waals surface area contributed by atoms with Gasteiger partial charge < -0.3 is 15.2 Å². The van der Waals surface area contributed by atoms with Crippen LogP contribution >= 0.6 is 11.6 Å². The first kappa shape index (κ1) is 15.0. The van der Waals surface area contributed by atoms with E-state index < -0.39 is 5.97 Å².